The van der Waals surface area contributed by atoms with Crippen LogP contribution in [0.5, 0.6) is 11.5 Å². The normalized spacial score (nSPS) is 16.4. The first kappa shape index (κ1) is 13.9. The summed E-state index contributed by atoms with van der Waals surface area (Å²) in [6, 6.07) is 13.0. The molecule has 4 nitrogen and oxygen atoms in total. The fourth-order valence-corrected chi connectivity index (χ4v) is 2.60. The Hall–Kier alpha value is -2.01. The van der Waals surface area contributed by atoms with Gasteiger partial charge in [0.25, 0.3) is 5.91 Å². The van der Waals surface area contributed by atoms with Crippen molar-refractivity contribution in [3.05, 3.63) is 52.5 Å². The van der Waals surface area contributed by atoms with Crippen LogP contribution in [0.25, 0.3) is 0 Å². The molecule has 0 aliphatic carbocycles. The Morgan fingerprint density at radius 3 is 2.76 bits per heavy atom. The number of hydrogen-bond donors (Lipinski definition) is 1. The van der Waals surface area contributed by atoms with Gasteiger partial charge in [-0.1, -0.05) is 28.1 Å². The number of fused-ring (bicyclic) bond motifs is 1. The van der Waals surface area contributed by atoms with E-state index < -0.39 is 6.10 Å². The first-order chi connectivity index (χ1) is 10.1. The minimum atomic E-state index is -0.650. The number of hydrogen-bond acceptors (Lipinski definition) is 3. The number of carbonyl (C=O) groups excluding carboxylic acids is 1. The van der Waals surface area contributed by atoms with Crippen molar-refractivity contribution in [2.45, 2.75) is 13.0 Å². The Bertz CT molecular complexity index is 687. The highest BCUT2D eigenvalue weighted by Gasteiger charge is 2.27. The first-order valence-electron chi connectivity index (χ1n) is 6.59. The molecule has 1 atom stereocenters. The second-order valence-corrected chi connectivity index (χ2v) is 5.73. The van der Waals surface area contributed by atoms with E-state index in [0.717, 1.165) is 15.7 Å². The number of ether oxygens (including phenoxy) is 2. The number of amides is 1. The van der Waals surface area contributed by atoms with E-state index >= 15 is 0 Å². The Morgan fingerprint density at radius 1 is 1.24 bits per heavy atom. The van der Waals surface area contributed by atoms with E-state index in [-0.39, 0.29) is 12.5 Å². The molecule has 1 aliphatic heterocycles. The third-order valence-corrected chi connectivity index (χ3v) is 3.74. The molecule has 3 rings (SSSR count). The second kappa shape index (κ2) is 5.77. The van der Waals surface area contributed by atoms with E-state index in [1.165, 1.54) is 0 Å². The minimum Gasteiger partial charge on any atom is -0.485 e. The minimum absolute atomic E-state index is 0.207. The summed E-state index contributed by atoms with van der Waals surface area (Å²) in [6.45, 7) is 2.15. The molecule has 0 saturated carbocycles. The molecular formula is C16H14BrNO3. The monoisotopic (exact) mass is 347 g/mol. The highest BCUT2D eigenvalue weighted by molar-refractivity contribution is 9.10. The van der Waals surface area contributed by atoms with Gasteiger partial charge in [-0.25, -0.2) is 0 Å². The van der Waals surface area contributed by atoms with E-state index in [9.17, 15) is 4.79 Å². The predicted molar refractivity (Wildman–Crippen MR) is 83.9 cm³/mol. The molecule has 1 N–H and O–H groups in total. The highest BCUT2D eigenvalue weighted by Crippen LogP contribution is 2.31. The lowest BCUT2D eigenvalue weighted by Gasteiger charge is -2.25. The zero-order chi connectivity index (χ0) is 14.8. The molecule has 0 bridgehead atoms. The van der Waals surface area contributed by atoms with Gasteiger partial charge in [-0.3, -0.25) is 4.79 Å². The van der Waals surface area contributed by atoms with Crippen LogP contribution < -0.4 is 14.8 Å². The first-order valence-corrected chi connectivity index (χ1v) is 7.38. The molecule has 1 aliphatic rings. The topological polar surface area (TPSA) is 47.6 Å². The zero-order valence-electron chi connectivity index (χ0n) is 11.4. The molecule has 2 aromatic rings. The maximum absolute atomic E-state index is 12.3. The van der Waals surface area contributed by atoms with Gasteiger partial charge in [0, 0.05) is 10.2 Å². The average Bonchev–Trinajstić information content (AvgIpc) is 2.49. The standard InChI is InChI=1S/C16H14BrNO3/c1-10-8-11(17)6-7-12(10)18-16(19)15-9-20-13-4-2-3-5-14(13)21-15/h2-8,15H,9H2,1H3,(H,18,19). The predicted octanol–water partition coefficient (Wildman–Crippen LogP) is 3.54. The molecule has 21 heavy (non-hydrogen) atoms. The van der Waals surface area contributed by atoms with Crippen LogP contribution in [0.15, 0.2) is 46.9 Å². The number of aryl methyl sites for hydroxylation is 1. The summed E-state index contributed by atoms with van der Waals surface area (Å²) in [5.41, 5.74) is 1.75. The van der Waals surface area contributed by atoms with Crippen LogP contribution in [0.1, 0.15) is 5.56 Å². The molecule has 5 heteroatoms. The largest absolute Gasteiger partial charge is 0.485 e. The summed E-state index contributed by atoms with van der Waals surface area (Å²) in [6.07, 6.45) is -0.650. The quantitative estimate of drug-likeness (QED) is 0.903. The Kier molecular flexibility index (Phi) is 3.84. The lowest BCUT2D eigenvalue weighted by Crippen LogP contribution is -2.40. The van der Waals surface area contributed by atoms with Crippen molar-refractivity contribution in [3.63, 3.8) is 0 Å². The zero-order valence-corrected chi connectivity index (χ0v) is 13.0. The molecule has 0 aromatic heterocycles. The maximum atomic E-state index is 12.3. The summed E-state index contributed by atoms with van der Waals surface area (Å²) in [5.74, 6) is 1.05. The van der Waals surface area contributed by atoms with Gasteiger partial charge in [-0.15, -0.1) is 0 Å². The molecule has 108 valence electrons. The van der Waals surface area contributed by atoms with Crippen molar-refractivity contribution in [2.75, 3.05) is 11.9 Å². The van der Waals surface area contributed by atoms with Crippen LogP contribution in [-0.2, 0) is 4.79 Å². The molecule has 0 spiro atoms. The molecule has 0 saturated heterocycles. The van der Waals surface area contributed by atoms with Crippen LogP contribution in [0.2, 0.25) is 0 Å². The SMILES string of the molecule is Cc1cc(Br)ccc1NC(=O)C1COc2ccccc2O1. The van der Waals surface area contributed by atoms with E-state index in [1.807, 2.05) is 43.3 Å². The summed E-state index contributed by atoms with van der Waals surface area (Å²) >= 11 is 3.40. The molecule has 1 unspecified atom stereocenters. The van der Waals surface area contributed by atoms with Crippen molar-refractivity contribution in [2.24, 2.45) is 0 Å². The van der Waals surface area contributed by atoms with Gasteiger partial charge >= 0.3 is 0 Å². The van der Waals surface area contributed by atoms with Gasteiger partial charge in [0.05, 0.1) is 0 Å². The lowest BCUT2D eigenvalue weighted by molar-refractivity contribution is -0.125. The smallest absolute Gasteiger partial charge is 0.269 e. The van der Waals surface area contributed by atoms with Gasteiger partial charge in [0.15, 0.2) is 11.5 Å². The second-order valence-electron chi connectivity index (χ2n) is 4.81. The number of carbonyl (C=O) groups is 1. The molecule has 1 amide bonds. The molecule has 0 fully saturated rings. The maximum Gasteiger partial charge on any atom is 0.269 e. The van der Waals surface area contributed by atoms with Crippen molar-refractivity contribution in [1.29, 1.82) is 0 Å². The number of nitrogens with one attached hydrogen (secondary N) is 1. The van der Waals surface area contributed by atoms with Crippen LogP contribution in [-0.4, -0.2) is 18.6 Å². The van der Waals surface area contributed by atoms with E-state index in [1.54, 1.807) is 6.07 Å². The number of halogens is 1. The Labute approximate surface area is 131 Å². The fraction of sp³-hybridized carbons (Fsp3) is 0.188. The summed E-state index contributed by atoms with van der Waals surface area (Å²) in [7, 11) is 0. The Balaban J connectivity index is 1.72. The van der Waals surface area contributed by atoms with Gasteiger partial charge in [-0.05, 0) is 42.8 Å². The average molecular weight is 348 g/mol. The van der Waals surface area contributed by atoms with Crippen molar-refractivity contribution in [3.8, 4) is 11.5 Å². The molecular weight excluding hydrogens is 334 g/mol. The summed E-state index contributed by atoms with van der Waals surface area (Å²) in [5, 5.41) is 2.87. The third kappa shape index (κ3) is 3.03. The van der Waals surface area contributed by atoms with Crippen molar-refractivity contribution < 1.29 is 14.3 Å². The van der Waals surface area contributed by atoms with Crippen molar-refractivity contribution >= 4 is 27.5 Å². The fourth-order valence-electron chi connectivity index (χ4n) is 2.13. The molecule has 1 heterocycles. The van der Waals surface area contributed by atoms with Crippen molar-refractivity contribution in [1.82, 2.24) is 0 Å². The third-order valence-electron chi connectivity index (χ3n) is 3.25. The Morgan fingerprint density at radius 2 is 2.00 bits per heavy atom. The summed E-state index contributed by atoms with van der Waals surface area (Å²) in [4.78, 5) is 12.3. The highest BCUT2D eigenvalue weighted by atomic mass is 79.9. The number of benzene rings is 2. The van der Waals surface area contributed by atoms with Crippen LogP contribution >= 0.6 is 15.9 Å². The molecule has 0 radical (unpaired) electrons. The number of para-hydroxylation sites is 2. The lowest BCUT2D eigenvalue weighted by atomic mass is 10.2. The van der Waals surface area contributed by atoms with E-state index in [0.29, 0.717) is 11.5 Å². The van der Waals surface area contributed by atoms with Crippen LogP contribution in [0, 0.1) is 6.92 Å². The van der Waals surface area contributed by atoms with Crippen LogP contribution in [0.4, 0.5) is 5.69 Å². The molecule has 2 aromatic carbocycles. The van der Waals surface area contributed by atoms with Crippen LogP contribution in [0.3, 0.4) is 0 Å². The van der Waals surface area contributed by atoms with E-state index in [4.69, 9.17) is 9.47 Å². The van der Waals surface area contributed by atoms with Gasteiger partial charge < -0.3 is 14.8 Å². The van der Waals surface area contributed by atoms with Gasteiger partial charge in [-0.2, -0.15) is 0 Å². The van der Waals surface area contributed by atoms with Gasteiger partial charge in [0.2, 0.25) is 6.10 Å². The van der Waals surface area contributed by atoms with E-state index in [2.05, 4.69) is 21.2 Å². The number of rotatable bonds is 2. The van der Waals surface area contributed by atoms with Gasteiger partial charge in [0.1, 0.15) is 6.61 Å². The number of anilines is 1. The summed E-state index contributed by atoms with van der Waals surface area (Å²) < 4.78 is 12.2.